The number of hydrogen-bond donors (Lipinski definition) is 1. The highest BCUT2D eigenvalue weighted by Gasteiger charge is 2.11. The average molecular weight is 270 g/mol. The standard InChI is InChI=1S/C14H14N4S/c1-3-9-7-10-12(15)17-13(18-14(10)19-9)11-6-8(2)4-5-16-11/h4-7H,3H2,1-2H3,(H2,15,17,18). The number of nitrogens with zero attached hydrogens (tertiary/aromatic N) is 3. The second-order valence-electron chi connectivity index (χ2n) is 4.44. The van der Waals surface area contributed by atoms with Crippen LogP contribution >= 0.6 is 11.3 Å². The Labute approximate surface area is 115 Å². The lowest BCUT2D eigenvalue weighted by atomic mass is 10.2. The molecule has 0 bridgehead atoms. The number of nitrogen functional groups attached to an aromatic ring is 1. The summed E-state index contributed by atoms with van der Waals surface area (Å²) in [6.45, 7) is 4.14. The van der Waals surface area contributed by atoms with Crippen LogP contribution in [0.5, 0.6) is 0 Å². The third kappa shape index (κ3) is 2.17. The summed E-state index contributed by atoms with van der Waals surface area (Å²) in [6.07, 6.45) is 2.75. The predicted molar refractivity (Wildman–Crippen MR) is 79.2 cm³/mol. The molecule has 0 spiro atoms. The monoisotopic (exact) mass is 270 g/mol. The lowest BCUT2D eigenvalue weighted by Gasteiger charge is -2.02. The number of pyridine rings is 1. The normalized spacial score (nSPS) is 11.1. The molecule has 0 unspecified atom stereocenters. The molecule has 0 atom stereocenters. The van der Waals surface area contributed by atoms with Gasteiger partial charge >= 0.3 is 0 Å². The second kappa shape index (κ2) is 4.59. The van der Waals surface area contributed by atoms with E-state index in [9.17, 15) is 0 Å². The number of aryl methyl sites for hydroxylation is 2. The van der Waals surface area contributed by atoms with E-state index >= 15 is 0 Å². The predicted octanol–water partition coefficient (Wildman–Crippen LogP) is 3.21. The molecule has 0 radical (unpaired) electrons. The summed E-state index contributed by atoms with van der Waals surface area (Å²) in [5.41, 5.74) is 7.92. The summed E-state index contributed by atoms with van der Waals surface area (Å²) in [6, 6.07) is 5.99. The van der Waals surface area contributed by atoms with E-state index < -0.39 is 0 Å². The van der Waals surface area contributed by atoms with Crippen molar-refractivity contribution < 1.29 is 0 Å². The fraction of sp³-hybridized carbons (Fsp3) is 0.214. The van der Waals surface area contributed by atoms with Crippen molar-refractivity contribution in [1.82, 2.24) is 15.0 Å². The van der Waals surface area contributed by atoms with Gasteiger partial charge in [0.1, 0.15) is 16.3 Å². The first-order valence-corrected chi connectivity index (χ1v) is 6.98. The van der Waals surface area contributed by atoms with Gasteiger partial charge in [0, 0.05) is 11.1 Å². The zero-order valence-electron chi connectivity index (χ0n) is 10.8. The zero-order valence-corrected chi connectivity index (χ0v) is 11.7. The Bertz CT molecular complexity index is 748. The molecule has 0 aliphatic carbocycles. The van der Waals surface area contributed by atoms with E-state index in [0.29, 0.717) is 11.6 Å². The molecule has 5 heteroatoms. The summed E-state index contributed by atoms with van der Waals surface area (Å²) >= 11 is 1.67. The second-order valence-corrected chi connectivity index (χ2v) is 5.55. The third-order valence-corrected chi connectivity index (χ3v) is 4.14. The molecular formula is C14H14N4S. The minimum atomic E-state index is 0.527. The number of rotatable bonds is 2. The van der Waals surface area contributed by atoms with Crippen LogP contribution in [0.2, 0.25) is 0 Å². The quantitative estimate of drug-likeness (QED) is 0.776. The lowest BCUT2D eigenvalue weighted by molar-refractivity contribution is 1.18. The maximum atomic E-state index is 6.03. The largest absolute Gasteiger partial charge is 0.383 e. The highest BCUT2D eigenvalue weighted by atomic mass is 32.1. The van der Waals surface area contributed by atoms with Crippen molar-refractivity contribution in [3.63, 3.8) is 0 Å². The van der Waals surface area contributed by atoms with Crippen molar-refractivity contribution in [2.24, 2.45) is 0 Å². The number of thiophene rings is 1. The molecule has 0 aliphatic rings. The van der Waals surface area contributed by atoms with Gasteiger partial charge in [-0.1, -0.05) is 6.92 Å². The van der Waals surface area contributed by atoms with Crippen molar-refractivity contribution >= 4 is 27.4 Å². The van der Waals surface area contributed by atoms with Gasteiger partial charge in [-0.2, -0.15) is 0 Å². The van der Waals surface area contributed by atoms with Gasteiger partial charge in [0.25, 0.3) is 0 Å². The first kappa shape index (κ1) is 12.0. The van der Waals surface area contributed by atoms with Crippen LogP contribution in [0.15, 0.2) is 24.4 Å². The summed E-state index contributed by atoms with van der Waals surface area (Å²) in [5.74, 6) is 1.12. The zero-order chi connectivity index (χ0) is 13.4. The van der Waals surface area contributed by atoms with Gasteiger partial charge in [0.15, 0.2) is 5.82 Å². The van der Waals surface area contributed by atoms with Gasteiger partial charge in [0.2, 0.25) is 0 Å². The molecule has 0 aromatic carbocycles. The lowest BCUT2D eigenvalue weighted by Crippen LogP contribution is -1.97. The molecule has 0 fully saturated rings. The van der Waals surface area contributed by atoms with Crippen LogP contribution in [-0.4, -0.2) is 15.0 Å². The molecule has 0 aliphatic heterocycles. The molecule has 3 aromatic heterocycles. The first-order valence-electron chi connectivity index (χ1n) is 6.16. The van der Waals surface area contributed by atoms with Crippen LogP contribution in [-0.2, 0) is 6.42 Å². The molecule has 3 aromatic rings. The number of fused-ring (bicyclic) bond motifs is 1. The van der Waals surface area contributed by atoms with Crippen LogP contribution in [0.25, 0.3) is 21.7 Å². The maximum absolute atomic E-state index is 6.03. The van der Waals surface area contributed by atoms with Gasteiger partial charge in [-0.05, 0) is 37.1 Å². The first-order chi connectivity index (χ1) is 9.17. The molecule has 3 heterocycles. The minimum absolute atomic E-state index is 0.527. The number of nitrogens with two attached hydrogens (primary N) is 1. The fourth-order valence-corrected chi connectivity index (χ4v) is 2.92. The van der Waals surface area contributed by atoms with Gasteiger partial charge in [0.05, 0.1) is 5.39 Å². The topological polar surface area (TPSA) is 64.7 Å². The van der Waals surface area contributed by atoms with Crippen LogP contribution in [0.3, 0.4) is 0 Å². The molecule has 19 heavy (non-hydrogen) atoms. The smallest absolute Gasteiger partial charge is 0.181 e. The highest BCUT2D eigenvalue weighted by Crippen LogP contribution is 2.29. The van der Waals surface area contributed by atoms with Crippen molar-refractivity contribution in [2.45, 2.75) is 20.3 Å². The van der Waals surface area contributed by atoms with Crippen LogP contribution in [0.1, 0.15) is 17.4 Å². The van der Waals surface area contributed by atoms with E-state index in [1.54, 1.807) is 17.5 Å². The molecule has 0 saturated carbocycles. The van der Waals surface area contributed by atoms with Gasteiger partial charge < -0.3 is 5.73 Å². The minimum Gasteiger partial charge on any atom is -0.383 e. The van der Waals surface area contributed by atoms with E-state index in [4.69, 9.17) is 5.73 Å². The van der Waals surface area contributed by atoms with Crippen molar-refractivity contribution in [3.05, 3.63) is 34.8 Å². The van der Waals surface area contributed by atoms with E-state index in [2.05, 4.69) is 27.9 Å². The SMILES string of the molecule is CCc1cc2c(N)nc(-c3cc(C)ccn3)nc2s1. The summed E-state index contributed by atoms with van der Waals surface area (Å²) in [4.78, 5) is 15.5. The molecule has 2 N–H and O–H groups in total. The van der Waals surface area contributed by atoms with E-state index in [1.807, 2.05) is 19.1 Å². The van der Waals surface area contributed by atoms with Gasteiger partial charge in [-0.15, -0.1) is 11.3 Å². The number of hydrogen-bond acceptors (Lipinski definition) is 5. The van der Waals surface area contributed by atoms with E-state index in [1.165, 1.54) is 4.88 Å². The summed E-state index contributed by atoms with van der Waals surface area (Å²) < 4.78 is 0. The molecular weight excluding hydrogens is 256 g/mol. The average Bonchev–Trinajstić information content (AvgIpc) is 2.82. The Morgan fingerprint density at radius 3 is 2.84 bits per heavy atom. The third-order valence-electron chi connectivity index (χ3n) is 2.97. The van der Waals surface area contributed by atoms with Crippen molar-refractivity contribution in [1.29, 1.82) is 0 Å². The van der Waals surface area contributed by atoms with Crippen molar-refractivity contribution in [3.8, 4) is 11.5 Å². The maximum Gasteiger partial charge on any atom is 0.181 e. The van der Waals surface area contributed by atoms with Crippen molar-refractivity contribution in [2.75, 3.05) is 5.73 Å². The van der Waals surface area contributed by atoms with Gasteiger partial charge in [-0.3, -0.25) is 4.98 Å². The molecule has 0 amide bonds. The Kier molecular flexibility index (Phi) is 2.91. The van der Waals surface area contributed by atoms with Crippen LogP contribution < -0.4 is 5.73 Å². The Morgan fingerprint density at radius 1 is 1.26 bits per heavy atom. The highest BCUT2D eigenvalue weighted by molar-refractivity contribution is 7.18. The Morgan fingerprint density at radius 2 is 2.11 bits per heavy atom. The van der Waals surface area contributed by atoms with Crippen LogP contribution in [0.4, 0.5) is 5.82 Å². The molecule has 3 rings (SSSR count). The number of aromatic nitrogens is 3. The molecule has 0 saturated heterocycles. The Hall–Kier alpha value is -2.01. The fourth-order valence-electron chi connectivity index (χ4n) is 1.94. The summed E-state index contributed by atoms with van der Waals surface area (Å²) in [7, 11) is 0. The number of anilines is 1. The van der Waals surface area contributed by atoms with Crippen LogP contribution in [0, 0.1) is 6.92 Å². The van der Waals surface area contributed by atoms with E-state index in [-0.39, 0.29) is 0 Å². The van der Waals surface area contributed by atoms with Gasteiger partial charge in [-0.25, -0.2) is 9.97 Å². The Balaban J connectivity index is 2.20. The molecule has 96 valence electrons. The van der Waals surface area contributed by atoms with E-state index in [0.717, 1.165) is 27.9 Å². The molecule has 4 nitrogen and oxygen atoms in total. The summed E-state index contributed by atoms with van der Waals surface area (Å²) in [5, 5.41) is 0.943.